The third-order valence-corrected chi connectivity index (χ3v) is 2.20. The summed E-state index contributed by atoms with van der Waals surface area (Å²) in [6, 6.07) is 1.94. The molecule has 0 aliphatic carbocycles. The van der Waals surface area contributed by atoms with E-state index in [0.29, 0.717) is 0 Å². The number of ketones is 1. The molecule has 1 aromatic heterocycles. The zero-order chi connectivity index (χ0) is 10.2. The van der Waals surface area contributed by atoms with Crippen molar-refractivity contribution in [1.29, 1.82) is 0 Å². The Bertz CT molecular complexity index is 309. The fourth-order valence-electron chi connectivity index (χ4n) is 1.23. The number of rotatable bonds is 1. The highest BCUT2D eigenvalue weighted by molar-refractivity contribution is 5.99. The van der Waals surface area contributed by atoms with E-state index in [1.807, 2.05) is 51.6 Å². The van der Waals surface area contributed by atoms with Crippen molar-refractivity contribution in [2.24, 2.45) is 12.5 Å². The molecule has 0 aromatic carbocycles. The van der Waals surface area contributed by atoms with Gasteiger partial charge < -0.3 is 4.57 Å². The number of carbonyl (C=O) groups is 1. The summed E-state index contributed by atoms with van der Waals surface area (Å²) in [6.45, 7) is 7.83. The molecule has 0 bridgehead atoms. The van der Waals surface area contributed by atoms with Gasteiger partial charge in [-0.15, -0.1) is 0 Å². The Hall–Kier alpha value is -1.05. The van der Waals surface area contributed by atoms with Gasteiger partial charge in [-0.1, -0.05) is 20.8 Å². The maximum Gasteiger partial charge on any atom is 0.169 e. The highest BCUT2D eigenvalue weighted by Gasteiger charge is 2.23. The van der Waals surface area contributed by atoms with Crippen LogP contribution in [0.4, 0.5) is 0 Å². The Morgan fingerprint density at radius 3 is 2.23 bits per heavy atom. The van der Waals surface area contributed by atoms with Crippen molar-refractivity contribution in [2.75, 3.05) is 0 Å². The van der Waals surface area contributed by atoms with E-state index in [2.05, 4.69) is 0 Å². The summed E-state index contributed by atoms with van der Waals surface area (Å²) < 4.78 is 1.97. The molecule has 0 saturated carbocycles. The average Bonchev–Trinajstić information content (AvgIpc) is 2.29. The fraction of sp³-hybridized carbons (Fsp3) is 0.545. The standard InChI is InChI=1S/C11H17NO/c1-8-6-9(7-12(8)5)10(13)11(2,3)4/h6-7H,1-5H3. The summed E-state index contributed by atoms with van der Waals surface area (Å²) in [4.78, 5) is 11.8. The highest BCUT2D eigenvalue weighted by atomic mass is 16.1. The van der Waals surface area contributed by atoms with Gasteiger partial charge in [0, 0.05) is 29.9 Å². The molecule has 0 radical (unpaired) electrons. The third-order valence-electron chi connectivity index (χ3n) is 2.20. The van der Waals surface area contributed by atoms with E-state index in [-0.39, 0.29) is 11.2 Å². The van der Waals surface area contributed by atoms with E-state index >= 15 is 0 Å². The van der Waals surface area contributed by atoms with Crippen molar-refractivity contribution >= 4 is 5.78 Å². The van der Waals surface area contributed by atoms with Crippen LogP contribution >= 0.6 is 0 Å². The molecule has 0 spiro atoms. The van der Waals surface area contributed by atoms with Gasteiger partial charge in [0.05, 0.1) is 0 Å². The lowest BCUT2D eigenvalue weighted by molar-refractivity contribution is 0.0858. The zero-order valence-electron chi connectivity index (χ0n) is 9.01. The van der Waals surface area contributed by atoms with Crippen LogP contribution in [0.15, 0.2) is 12.3 Å². The Labute approximate surface area is 79.6 Å². The number of carbonyl (C=O) groups excluding carboxylic acids is 1. The Kier molecular flexibility index (Phi) is 2.33. The molecule has 2 heteroatoms. The van der Waals surface area contributed by atoms with Crippen LogP contribution < -0.4 is 0 Å². The third kappa shape index (κ3) is 2.00. The van der Waals surface area contributed by atoms with Crippen LogP contribution in [0.5, 0.6) is 0 Å². The predicted octanol–water partition coefficient (Wildman–Crippen LogP) is 2.56. The number of hydrogen-bond acceptors (Lipinski definition) is 1. The van der Waals surface area contributed by atoms with Gasteiger partial charge in [-0.2, -0.15) is 0 Å². The van der Waals surface area contributed by atoms with Crippen LogP contribution in [0.1, 0.15) is 36.8 Å². The molecular formula is C11H17NO. The molecule has 0 N–H and O–H groups in total. The van der Waals surface area contributed by atoms with E-state index in [1.165, 1.54) is 0 Å². The monoisotopic (exact) mass is 179 g/mol. The molecule has 1 aromatic rings. The maximum absolute atomic E-state index is 11.8. The van der Waals surface area contributed by atoms with Crippen molar-refractivity contribution in [1.82, 2.24) is 4.57 Å². The van der Waals surface area contributed by atoms with E-state index in [0.717, 1.165) is 11.3 Å². The molecular weight excluding hydrogens is 162 g/mol. The van der Waals surface area contributed by atoms with Gasteiger partial charge in [0.1, 0.15) is 0 Å². The lowest BCUT2D eigenvalue weighted by atomic mass is 9.87. The molecule has 0 atom stereocenters. The lowest BCUT2D eigenvalue weighted by Gasteiger charge is -2.14. The molecule has 0 unspecified atom stereocenters. The minimum absolute atomic E-state index is 0.205. The van der Waals surface area contributed by atoms with Crippen LogP contribution in [-0.4, -0.2) is 10.4 Å². The summed E-state index contributed by atoms with van der Waals surface area (Å²) in [5, 5.41) is 0. The summed E-state index contributed by atoms with van der Waals surface area (Å²) >= 11 is 0. The number of aromatic nitrogens is 1. The molecule has 2 nitrogen and oxygen atoms in total. The second-order valence-corrected chi connectivity index (χ2v) is 4.56. The normalized spacial score (nSPS) is 11.8. The Balaban J connectivity index is 3.03. The Morgan fingerprint density at radius 2 is 1.92 bits per heavy atom. The zero-order valence-corrected chi connectivity index (χ0v) is 9.01. The summed E-state index contributed by atoms with van der Waals surface area (Å²) in [5.41, 5.74) is 1.65. The minimum Gasteiger partial charge on any atom is -0.354 e. The van der Waals surface area contributed by atoms with E-state index < -0.39 is 0 Å². The van der Waals surface area contributed by atoms with Crippen molar-refractivity contribution in [3.05, 3.63) is 23.5 Å². The van der Waals surface area contributed by atoms with Gasteiger partial charge in [0.15, 0.2) is 5.78 Å². The van der Waals surface area contributed by atoms with Crippen molar-refractivity contribution < 1.29 is 4.79 Å². The van der Waals surface area contributed by atoms with Gasteiger partial charge in [-0.25, -0.2) is 0 Å². The van der Waals surface area contributed by atoms with Gasteiger partial charge >= 0.3 is 0 Å². The first-order valence-corrected chi connectivity index (χ1v) is 4.50. The van der Waals surface area contributed by atoms with Gasteiger partial charge in [-0.05, 0) is 13.0 Å². The van der Waals surface area contributed by atoms with Crippen LogP contribution in [0, 0.1) is 12.3 Å². The first-order valence-electron chi connectivity index (χ1n) is 4.50. The number of aryl methyl sites for hydroxylation is 2. The summed E-state index contributed by atoms with van der Waals surface area (Å²) in [6.07, 6.45) is 1.89. The van der Waals surface area contributed by atoms with Crippen LogP contribution in [0.3, 0.4) is 0 Å². The first kappa shape index (κ1) is 10.0. The molecule has 1 rings (SSSR count). The average molecular weight is 179 g/mol. The second kappa shape index (κ2) is 3.02. The van der Waals surface area contributed by atoms with E-state index in [9.17, 15) is 4.79 Å². The van der Waals surface area contributed by atoms with E-state index in [4.69, 9.17) is 0 Å². The number of hydrogen-bond donors (Lipinski definition) is 0. The molecule has 0 aliphatic rings. The number of Topliss-reactive ketones (excluding diaryl/α,β-unsaturated/α-hetero) is 1. The first-order chi connectivity index (χ1) is 5.82. The van der Waals surface area contributed by atoms with Crippen LogP contribution in [0.2, 0.25) is 0 Å². The Morgan fingerprint density at radius 1 is 1.38 bits per heavy atom. The van der Waals surface area contributed by atoms with Crippen molar-refractivity contribution in [2.45, 2.75) is 27.7 Å². The largest absolute Gasteiger partial charge is 0.354 e. The molecule has 0 aliphatic heterocycles. The lowest BCUT2D eigenvalue weighted by Crippen LogP contribution is -2.19. The molecule has 72 valence electrons. The molecule has 0 saturated heterocycles. The maximum atomic E-state index is 11.8. The molecule has 0 amide bonds. The van der Waals surface area contributed by atoms with Crippen molar-refractivity contribution in [3.63, 3.8) is 0 Å². The minimum atomic E-state index is -0.284. The fourth-order valence-corrected chi connectivity index (χ4v) is 1.23. The van der Waals surface area contributed by atoms with Gasteiger partial charge in [0.2, 0.25) is 0 Å². The van der Waals surface area contributed by atoms with Gasteiger partial charge in [-0.3, -0.25) is 4.79 Å². The molecule has 1 heterocycles. The topological polar surface area (TPSA) is 22.0 Å². The smallest absolute Gasteiger partial charge is 0.169 e. The quantitative estimate of drug-likeness (QED) is 0.607. The summed E-state index contributed by atoms with van der Waals surface area (Å²) in [7, 11) is 1.95. The van der Waals surface area contributed by atoms with Gasteiger partial charge in [0.25, 0.3) is 0 Å². The molecule has 0 fully saturated rings. The summed E-state index contributed by atoms with van der Waals surface area (Å²) in [5.74, 6) is 0.205. The highest BCUT2D eigenvalue weighted by Crippen LogP contribution is 2.21. The molecule has 13 heavy (non-hydrogen) atoms. The van der Waals surface area contributed by atoms with Crippen molar-refractivity contribution in [3.8, 4) is 0 Å². The van der Waals surface area contributed by atoms with Crippen LogP contribution in [-0.2, 0) is 7.05 Å². The van der Waals surface area contributed by atoms with Crippen LogP contribution in [0.25, 0.3) is 0 Å². The SMILES string of the molecule is Cc1cc(C(=O)C(C)(C)C)cn1C. The van der Waals surface area contributed by atoms with E-state index in [1.54, 1.807) is 0 Å². The predicted molar refractivity (Wildman–Crippen MR) is 53.9 cm³/mol. The number of nitrogens with zero attached hydrogens (tertiary/aromatic N) is 1. The second-order valence-electron chi connectivity index (χ2n) is 4.56.